The molecule has 196 valence electrons. The van der Waals surface area contributed by atoms with E-state index in [1.165, 1.54) is 0 Å². The van der Waals surface area contributed by atoms with Crippen LogP contribution in [0.15, 0.2) is 0 Å². The summed E-state index contributed by atoms with van der Waals surface area (Å²) in [6.45, 7) is 0. The van der Waals surface area contributed by atoms with Crippen LogP contribution in [-0.2, 0) is 38.4 Å². The number of nitrogens with one attached hydrogen (secondary N) is 3. The van der Waals surface area contributed by atoms with E-state index in [-0.39, 0.29) is 6.42 Å². The smallest absolute Gasteiger partial charge is 0.326 e. The Morgan fingerprint density at radius 1 is 0.600 bits per heavy atom. The first-order valence-corrected chi connectivity index (χ1v) is 9.97. The zero-order chi connectivity index (χ0) is 27.3. The first kappa shape index (κ1) is 30.7. The van der Waals surface area contributed by atoms with Crippen LogP contribution in [0.5, 0.6) is 0 Å². The molecule has 0 heterocycles. The van der Waals surface area contributed by atoms with Gasteiger partial charge in [0, 0.05) is 12.8 Å². The van der Waals surface area contributed by atoms with Crippen molar-refractivity contribution in [3.05, 3.63) is 0 Å². The van der Waals surface area contributed by atoms with Crippen molar-refractivity contribution in [2.24, 2.45) is 11.5 Å². The first-order chi connectivity index (χ1) is 16.1. The van der Waals surface area contributed by atoms with Crippen LogP contribution in [0.2, 0.25) is 0 Å². The molecule has 0 bridgehead atoms. The molecule has 0 radical (unpaired) electrons. The number of hydrogen-bond donors (Lipinski definition) is 9. The van der Waals surface area contributed by atoms with Gasteiger partial charge >= 0.3 is 23.9 Å². The van der Waals surface area contributed by atoms with Gasteiger partial charge in [0.1, 0.15) is 18.1 Å². The number of carbonyl (C=O) groups excluding carboxylic acids is 4. The quantitative estimate of drug-likeness (QED) is 0.0909. The molecule has 17 heteroatoms. The summed E-state index contributed by atoms with van der Waals surface area (Å²) in [6.07, 6.45) is -3.78. The molecule has 0 aromatic rings. The Morgan fingerprint density at radius 3 is 1.51 bits per heavy atom. The van der Waals surface area contributed by atoms with E-state index >= 15 is 0 Å². The van der Waals surface area contributed by atoms with E-state index in [2.05, 4.69) is 5.32 Å². The number of primary amides is 1. The molecule has 0 aliphatic heterocycles. The third-order valence-electron chi connectivity index (χ3n) is 4.32. The van der Waals surface area contributed by atoms with E-state index in [1.807, 2.05) is 10.6 Å². The fraction of sp³-hybridized carbons (Fsp3) is 0.556. The summed E-state index contributed by atoms with van der Waals surface area (Å²) in [4.78, 5) is 92.1. The number of aliphatic carboxylic acids is 4. The molecule has 0 rings (SSSR count). The van der Waals surface area contributed by atoms with E-state index in [1.54, 1.807) is 0 Å². The van der Waals surface area contributed by atoms with Gasteiger partial charge in [-0.3, -0.25) is 33.6 Å². The Morgan fingerprint density at radius 2 is 1.06 bits per heavy atom. The molecule has 0 saturated heterocycles. The predicted octanol–water partition coefficient (Wildman–Crippen LogP) is -4.07. The molecular formula is C18H27N5O12. The fourth-order valence-corrected chi connectivity index (χ4v) is 2.56. The first-order valence-electron chi connectivity index (χ1n) is 9.97. The topological polar surface area (TPSA) is 306 Å². The number of amides is 4. The van der Waals surface area contributed by atoms with Gasteiger partial charge in [-0.1, -0.05) is 0 Å². The molecule has 0 aliphatic rings. The maximum absolute atomic E-state index is 12.7. The van der Waals surface area contributed by atoms with Gasteiger partial charge in [-0.2, -0.15) is 0 Å². The third kappa shape index (κ3) is 13.1. The lowest BCUT2D eigenvalue weighted by atomic mass is 10.1. The van der Waals surface area contributed by atoms with Crippen molar-refractivity contribution in [2.45, 2.75) is 62.7 Å². The highest BCUT2D eigenvalue weighted by atomic mass is 16.4. The summed E-state index contributed by atoms with van der Waals surface area (Å²) in [5.41, 5.74) is 10.6. The molecule has 0 spiro atoms. The second kappa shape index (κ2) is 14.8. The van der Waals surface area contributed by atoms with Crippen LogP contribution in [0.4, 0.5) is 0 Å². The summed E-state index contributed by atoms with van der Waals surface area (Å²) < 4.78 is 0. The summed E-state index contributed by atoms with van der Waals surface area (Å²) in [6, 6.07) is -6.70. The van der Waals surface area contributed by atoms with E-state index in [4.69, 9.17) is 31.9 Å². The number of carboxylic acids is 4. The molecule has 4 atom stereocenters. The Kier molecular flexibility index (Phi) is 13.0. The van der Waals surface area contributed by atoms with Crippen LogP contribution < -0.4 is 27.4 Å². The highest BCUT2D eigenvalue weighted by Crippen LogP contribution is 2.04. The fourth-order valence-electron chi connectivity index (χ4n) is 2.56. The third-order valence-corrected chi connectivity index (χ3v) is 4.32. The van der Waals surface area contributed by atoms with Crippen molar-refractivity contribution in [1.82, 2.24) is 16.0 Å². The lowest BCUT2D eigenvalue weighted by molar-refractivity contribution is -0.147. The van der Waals surface area contributed by atoms with E-state index in [0.717, 1.165) is 0 Å². The number of hydrogen-bond acceptors (Lipinski definition) is 9. The molecule has 0 aromatic carbocycles. The van der Waals surface area contributed by atoms with Crippen LogP contribution in [0.25, 0.3) is 0 Å². The Labute approximate surface area is 197 Å². The Bertz CT molecular complexity index is 861. The molecule has 11 N–H and O–H groups in total. The molecule has 0 aliphatic carbocycles. The second-order valence-corrected chi connectivity index (χ2v) is 7.26. The molecule has 4 unspecified atom stereocenters. The van der Waals surface area contributed by atoms with Crippen molar-refractivity contribution in [3.63, 3.8) is 0 Å². The Balaban J connectivity index is 5.59. The number of nitrogens with two attached hydrogens (primary N) is 2. The summed E-state index contributed by atoms with van der Waals surface area (Å²) in [5, 5.41) is 41.3. The van der Waals surface area contributed by atoms with Gasteiger partial charge in [-0.15, -0.1) is 0 Å². The van der Waals surface area contributed by atoms with Crippen LogP contribution in [0.1, 0.15) is 38.5 Å². The van der Waals surface area contributed by atoms with E-state index in [0.29, 0.717) is 0 Å². The SMILES string of the molecule is NC(=O)CC(NC(=O)C(CCC(=O)O)NC(=O)C(N)CCC(=O)O)C(=O)NC(CC(=O)O)C(=O)O. The van der Waals surface area contributed by atoms with Gasteiger partial charge in [0.2, 0.25) is 23.6 Å². The largest absolute Gasteiger partial charge is 0.481 e. The molecule has 4 amide bonds. The average molecular weight is 505 g/mol. The van der Waals surface area contributed by atoms with Gasteiger partial charge in [-0.05, 0) is 12.8 Å². The van der Waals surface area contributed by atoms with Crippen molar-refractivity contribution in [1.29, 1.82) is 0 Å². The molecule has 17 nitrogen and oxygen atoms in total. The van der Waals surface area contributed by atoms with E-state index < -0.39 is 104 Å². The van der Waals surface area contributed by atoms with Crippen LogP contribution in [-0.4, -0.2) is 92.1 Å². The molecular weight excluding hydrogens is 478 g/mol. The zero-order valence-electron chi connectivity index (χ0n) is 18.3. The van der Waals surface area contributed by atoms with Gasteiger partial charge in [-0.25, -0.2) is 4.79 Å². The highest BCUT2D eigenvalue weighted by molar-refractivity contribution is 5.96. The zero-order valence-corrected chi connectivity index (χ0v) is 18.3. The number of carboxylic acid groups (broad SMARTS) is 4. The summed E-state index contributed by atoms with van der Waals surface area (Å²) >= 11 is 0. The van der Waals surface area contributed by atoms with E-state index in [9.17, 15) is 38.4 Å². The van der Waals surface area contributed by atoms with Crippen LogP contribution >= 0.6 is 0 Å². The second-order valence-electron chi connectivity index (χ2n) is 7.26. The van der Waals surface area contributed by atoms with Gasteiger partial charge in [0.05, 0.1) is 18.9 Å². The standard InChI is InChI=1S/C18H27N5O12/c19-7(1-3-12(25)26)15(31)21-8(2-4-13(27)28)16(32)22-9(5-11(20)24)17(33)23-10(18(34)35)6-14(29)30/h7-10H,1-6,19H2,(H2,20,24)(H,21,31)(H,22,32)(H,23,33)(H,25,26)(H,27,28)(H,29,30)(H,34,35). The maximum atomic E-state index is 12.7. The van der Waals surface area contributed by atoms with Crippen molar-refractivity contribution in [3.8, 4) is 0 Å². The highest BCUT2D eigenvalue weighted by Gasteiger charge is 2.32. The van der Waals surface area contributed by atoms with Crippen molar-refractivity contribution in [2.75, 3.05) is 0 Å². The number of rotatable bonds is 17. The average Bonchev–Trinajstić information content (AvgIpc) is 2.72. The predicted molar refractivity (Wildman–Crippen MR) is 111 cm³/mol. The molecule has 0 saturated carbocycles. The minimum atomic E-state index is -1.91. The van der Waals surface area contributed by atoms with Gasteiger partial charge in [0.25, 0.3) is 0 Å². The molecule has 35 heavy (non-hydrogen) atoms. The summed E-state index contributed by atoms with van der Waals surface area (Å²) in [7, 11) is 0. The summed E-state index contributed by atoms with van der Waals surface area (Å²) in [5.74, 6) is -10.4. The monoisotopic (exact) mass is 505 g/mol. The minimum Gasteiger partial charge on any atom is -0.481 e. The normalized spacial score (nSPS) is 13.9. The minimum absolute atomic E-state index is 0.304. The van der Waals surface area contributed by atoms with Crippen molar-refractivity contribution >= 4 is 47.5 Å². The maximum Gasteiger partial charge on any atom is 0.326 e. The van der Waals surface area contributed by atoms with Gasteiger partial charge in [0.15, 0.2) is 0 Å². The van der Waals surface area contributed by atoms with Crippen LogP contribution in [0.3, 0.4) is 0 Å². The molecule has 0 aromatic heterocycles. The molecule has 0 fully saturated rings. The lowest BCUT2D eigenvalue weighted by Crippen LogP contribution is -2.58. The van der Waals surface area contributed by atoms with Crippen molar-refractivity contribution < 1.29 is 58.8 Å². The Hall–Kier alpha value is -4.28. The number of carbonyl (C=O) groups is 8. The van der Waals surface area contributed by atoms with Crippen LogP contribution in [0, 0.1) is 0 Å². The lowest BCUT2D eigenvalue weighted by Gasteiger charge is -2.24. The van der Waals surface area contributed by atoms with Gasteiger partial charge < -0.3 is 47.8 Å².